The van der Waals surface area contributed by atoms with Crippen molar-refractivity contribution in [2.45, 2.75) is 112 Å². The van der Waals surface area contributed by atoms with Crippen molar-refractivity contribution >= 4 is 92.9 Å². The Bertz CT molecular complexity index is 5230. The number of rotatable bonds is 58. The van der Waals surface area contributed by atoms with E-state index in [-0.39, 0.29) is 123 Å². The number of primary amides is 2. The molecule has 2 atom stereocenters. The van der Waals surface area contributed by atoms with E-state index >= 15 is 0 Å². The van der Waals surface area contributed by atoms with E-state index in [1.54, 1.807) is 96.7 Å². The largest absolute Gasteiger partial charge is 0.494 e. The summed E-state index contributed by atoms with van der Waals surface area (Å²) in [5.74, 6) is -4.83. The van der Waals surface area contributed by atoms with E-state index in [1.165, 1.54) is 13.2 Å². The monoisotopic (exact) mass is 1840 g/mol. The van der Waals surface area contributed by atoms with Gasteiger partial charge in [-0.25, -0.2) is 4.79 Å². The van der Waals surface area contributed by atoms with Gasteiger partial charge >= 0.3 is 6.09 Å². The van der Waals surface area contributed by atoms with Crippen LogP contribution in [0.5, 0.6) is 11.5 Å². The number of aromatic nitrogens is 8. The number of fused-ring (bicyclic) bond motifs is 2. The lowest BCUT2D eigenvalue weighted by atomic mass is 10.0. The Morgan fingerprint density at radius 3 is 1.50 bits per heavy atom. The number of aromatic amines is 2. The number of allylic oxidation sites excluding steroid dienone is 2. The maximum Gasteiger partial charge on any atom is 0.410 e. The minimum absolute atomic E-state index is 0.0257. The SMILES string of the molecule is CCn1nc(C)cc1C(=O)N=c1[nH]c2cc(C(N)=O)cc(OC)c2n1C/C=C/Cn1c(=NC(=O)c2cc(C)nn2CC)[nH]c2cc(C(N)=O)cc(OCCCN3CCN(C(=O)OCc4ccc(NC(=O)[C@@H](NC(=O)[C@@H]5CCCN5C(=O)CCOCCOCCOCCOCCOCCOCCOCCOCCOCCOCCNC(=O)CN5C(=O)C=CC5=O)C(C)C)cc4)CC3)c21. The fourth-order valence-corrected chi connectivity index (χ4v) is 14.5. The van der Waals surface area contributed by atoms with Crippen LogP contribution in [0.1, 0.15) is 112 Å². The molecule has 43 heteroatoms. The fraction of sp³-hybridized carbons (Fsp3) is 0.539. The Kier molecular flexibility index (Phi) is 41.2. The molecule has 718 valence electrons. The third-order valence-electron chi connectivity index (χ3n) is 21.3. The maximum atomic E-state index is 14.1. The summed E-state index contributed by atoms with van der Waals surface area (Å²) in [4.78, 5) is 164. The molecule has 2 fully saturated rings. The van der Waals surface area contributed by atoms with Gasteiger partial charge in [0.05, 0.1) is 175 Å². The van der Waals surface area contributed by atoms with Crippen molar-refractivity contribution in [1.29, 1.82) is 0 Å². The summed E-state index contributed by atoms with van der Waals surface area (Å²) in [6.45, 7) is 22.1. The number of imidazole rings is 2. The molecule has 0 spiro atoms. The van der Waals surface area contributed by atoms with Gasteiger partial charge in [0.15, 0.2) is 0 Å². The van der Waals surface area contributed by atoms with E-state index in [4.69, 9.17) is 73.0 Å². The number of amides is 11. The summed E-state index contributed by atoms with van der Waals surface area (Å²) in [5, 5.41) is 17.3. The van der Waals surface area contributed by atoms with E-state index in [0.717, 1.165) is 17.1 Å². The number of H-pyrrole nitrogens is 2. The Hall–Kier alpha value is -12.2. The van der Waals surface area contributed by atoms with Crippen molar-refractivity contribution in [2.75, 3.05) is 204 Å². The number of ether oxygens (including phenoxy) is 13. The van der Waals surface area contributed by atoms with Crippen molar-refractivity contribution in [3.63, 3.8) is 0 Å². The molecule has 3 aromatic carbocycles. The number of piperazine rings is 1. The Labute approximate surface area is 763 Å². The number of hydrogen-bond donors (Lipinski definition) is 7. The zero-order valence-corrected chi connectivity index (χ0v) is 76.0. The van der Waals surface area contributed by atoms with Crippen LogP contribution in [-0.4, -0.2) is 334 Å². The van der Waals surface area contributed by atoms with Gasteiger partial charge in [-0.3, -0.25) is 67.1 Å². The third kappa shape index (κ3) is 31.0. The predicted molar refractivity (Wildman–Crippen MR) is 477 cm³/mol. The molecule has 10 rings (SSSR count). The molecule has 9 N–H and O–H groups in total. The number of carbonyl (C=O) groups excluding carboxylic acids is 11. The van der Waals surface area contributed by atoms with E-state index in [1.807, 2.05) is 39.8 Å². The first kappa shape index (κ1) is 102. The molecule has 132 heavy (non-hydrogen) atoms. The molecule has 7 aromatic rings. The number of benzene rings is 3. The zero-order valence-electron chi connectivity index (χ0n) is 76.0. The van der Waals surface area contributed by atoms with Gasteiger partial charge in [-0.2, -0.15) is 20.2 Å². The van der Waals surface area contributed by atoms with Crippen molar-refractivity contribution in [2.24, 2.45) is 27.4 Å². The minimum Gasteiger partial charge on any atom is -0.494 e. The minimum atomic E-state index is -0.912. The van der Waals surface area contributed by atoms with E-state index in [9.17, 15) is 52.7 Å². The predicted octanol–water partition coefficient (Wildman–Crippen LogP) is 2.64. The first-order valence-corrected chi connectivity index (χ1v) is 44.3. The van der Waals surface area contributed by atoms with Gasteiger partial charge in [0.25, 0.3) is 23.6 Å². The normalized spacial score (nSPS) is 14.7. The van der Waals surface area contributed by atoms with Crippen molar-refractivity contribution in [1.82, 2.24) is 68.9 Å². The highest BCUT2D eigenvalue weighted by molar-refractivity contribution is 6.14. The summed E-state index contributed by atoms with van der Waals surface area (Å²) in [6, 6.07) is 14.7. The Morgan fingerprint density at radius 1 is 0.576 bits per heavy atom. The van der Waals surface area contributed by atoms with Gasteiger partial charge in [-0.05, 0) is 107 Å². The van der Waals surface area contributed by atoms with Crippen LogP contribution in [0, 0.1) is 19.8 Å². The second-order valence-electron chi connectivity index (χ2n) is 31.1. The summed E-state index contributed by atoms with van der Waals surface area (Å²) in [5.41, 5.74) is 16.9. The van der Waals surface area contributed by atoms with Gasteiger partial charge in [-0.15, -0.1) is 0 Å². The van der Waals surface area contributed by atoms with Crippen molar-refractivity contribution in [3.05, 3.63) is 136 Å². The van der Waals surface area contributed by atoms with Crippen molar-refractivity contribution < 1.29 is 114 Å². The molecule has 43 nitrogen and oxygen atoms in total. The number of likely N-dealkylation sites (tertiary alicyclic amines) is 1. The first-order valence-electron chi connectivity index (χ1n) is 44.3. The van der Waals surface area contributed by atoms with Gasteiger partial charge < -0.3 is 118 Å². The van der Waals surface area contributed by atoms with Crippen LogP contribution in [0.4, 0.5) is 10.5 Å². The average Bonchev–Trinajstić information content (AvgIpc) is 1.62. The lowest BCUT2D eigenvalue weighted by Crippen LogP contribution is -2.53. The highest BCUT2D eigenvalue weighted by Crippen LogP contribution is 2.29. The Morgan fingerprint density at radius 2 is 1.04 bits per heavy atom. The van der Waals surface area contributed by atoms with Gasteiger partial charge in [0.1, 0.15) is 59.2 Å². The number of nitrogens with one attached hydrogen (secondary N) is 5. The van der Waals surface area contributed by atoms with Crippen LogP contribution >= 0.6 is 0 Å². The highest BCUT2D eigenvalue weighted by Gasteiger charge is 2.37. The van der Waals surface area contributed by atoms with Crippen molar-refractivity contribution in [3.8, 4) is 11.5 Å². The van der Waals surface area contributed by atoms with Gasteiger partial charge in [0, 0.05) is 101 Å². The zero-order chi connectivity index (χ0) is 94.3. The topological polar surface area (TPSA) is 511 Å². The van der Waals surface area contributed by atoms with E-state index < -0.39 is 71.3 Å². The Balaban J connectivity index is 0.571. The molecule has 3 aliphatic heterocycles. The number of anilines is 1. The highest BCUT2D eigenvalue weighted by atomic mass is 16.6. The summed E-state index contributed by atoms with van der Waals surface area (Å²) >= 11 is 0. The maximum absolute atomic E-state index is 14.1. The number of methoxy groups -OCH3 is 1. The standard InChI is InChI=1S/C89H123N19O24/c1-8-107-70(52-61(5)99-107)84(116)97-87-94-67-54-64(81(90)113)56-72(120-7)79(67)104(87)24-10-11-25-105-80-68(95-88(105)98-85(117)71-53-62(6)100-108(71)9-2)55-65(82(91)114)57-73(80)131-31-13-23-101-27-29-102(30-28-101)89(119)132-59-63-15-17-66(18-16-63)93-86(118)78(60(3)4)96-83(115)69-14-12-26-103(69)77(112)21-32-121-34-36-123-38-40-125-42-44-127-46-48-129-50-51-130-49-47-128-45-43-126-41-39-124-37-35-122-33-22-92-74(109)58-106-75(110)19-20-76(106)111/h10-11,15-20,52-57,60,69,78H,8-9,12-14,21-51,58-59H2,1-7H3,(H2,90,113)(H2,91,114)(H,92,109)(H,93,118)(H,96,115)(H,94,97,116)(H,95,98,117)/b11-10+/t69-,78-/m0/s1. The lowest BCUT2D eigenvalue weighted by Gasteiger charge is -2.34. The fourth-order valence-electron chi connectivity index (χ4n) is 14.5. The second kappa shape index (κ2) is 53.4. The summed E-state index contributed by atoms with van der Waals surface area (Å²) in [6.07, 6.45) is 7.09. The first-order chi connectivity index (χ1) is 63.9. The van der Waals surface area contributed by atoms with Crippen LogP contribution in [0.25, 0.3) is 22.1 Å². The molecule has 0 bridgehead atoms. The number of carbonyl (C=O) groups is 11. The average molecular weight is 1840 g/mol. The number of nitrogens with zero attached hydrogens (tertiary/aromatic N) is 12. The molecular weight excluding hydrogens is 1720 g/mol. The van der Waals surface area contributed by atoms with Gasteiger partial charge in [-0.1, -0.05) is 38.1 Å². The molecule has 11 amide bonds. The second-order valence-corrected chi connectivity index (χ2v) is 31.1. The smallest absolute Gasteiger partial charge is 0.410 e. The summed E-state index contributed by atoms with van der Waals surface area (Å²) < 4.78 is 79.9. The molecule has 3 aliphatic rings. The van der Waals surface area contributed by atoms with Crippen LogP contribution in [-0.2, 0) is 114 Å². The molecular formula is C89H123N19O24. The van der Waals surface area contributed by atoms with Crippen LogP contribution < -0.4 is 48.1 Å². The van der Waals surface area contributed by atoms with Gasteiger partial charge in [0.2, 0.25) is 46.7 Å². The molecule has 0 radical (unpaired) electrons. The van der Waals surface area contributed by atoms with Crippen LogP contribution in [0.15, 0.2) is 95.0 Å². The molecule has 2 saturated heterocycles. The van der Waals surface area contributed by atoms with E-state index in [0.29, 0.717) is 229 Å². The molecule has 4 aromatic heterocycles. The molecule has 0 saturated carbocycles. The number of hydrogen-bond acceptors (Lipinski definition) is 27. The number of nitrogens with two attached hydrogens (primary N) is 2. The molecule has 0 unspecified atom stereocenters. The number of imide groups is 1. The van der Waals surface area contributed by atoms with Crippen LogP contribution in [0.3, 0.4) is 0 Å². The van der Waals surface area contributed by atoms with E-state index in [2.05, 4.69) is 51.0 Å². The molecule has 0 aliphatic carbocycles. The van der Waals surface area contributed by atoms with Crippen LogP contribution in [0.2, 0.25) is 0 Å². The third-order valence-corrected chi connectivity index (χ3v) is 21.3. The number of aryl methyl sites for hydroxylation is 4. The lowest BCUT2D eigenvalue weighted by molar-refractivity contribution is -0.141. The molecule has 7 heterocycles. The summed E-state index contributed by atoms with van der Waals surface area (Å²) in [7, 11) is 1.45. The quantitative estimate of drug-likeness (QED) is 0.0164.